The lowest BCUT2D eigenvalue weighted by Crippen LogP contribution is -2.14. The van der Waals surface area contributed by atoms with Crippen molar-refractivity contribution in [2.24, 2.45) is 4.99 Å². The fraction of sp³-hybridized carbons (Fsp3) is 0.375. The first-order valence-electron chi connectivity index (χ1n) is 3.55. The molecule has 1 aliphatic carbocycles. The zero-order valence-corrected chi connectivity index (χ0v) is 5.75. The molecule has 2 rings (SSSR count). The first-order chi connectivity index (χ1) is 4.97. The predicted octanol–water partition coefficient (Wildman–Crippen LogP) is 1.24. The molecule has 51 valence electrons. The van der Waals surface area contributed by atoms with Crippen molar-refractivity contribution >= 4 is 6.34 Å². The van der Waals surface area contributed by atoms with Gasteiger partial charge in [-0.05, 0) is 18.4 Å². The van der Waals surface area contributed by atoms with Gasteiger partial charge < -0.3 is 0 Å². The monoisotopic (exact) mass is 133 g/mol. The molecular formula is C8H9N2. The van der Waals surface area contributed by atoms with Crippen LogP contribution in [0.25, 0.3) is 0 Å². The largest absolute Gasteiger partial charge is 0.269 e. The predicted molar refractivity (Wildman–Crippen MR) is 40.9 cm³/mol. The van der Waals surface area contributed by atoms with Gasteiger partial charge in [0.2, 0.25) is 0 Å². The smallest absolute Gasteiger partial charge is 0.110 e. The molecular weight excluding hydrogens is 124 g/mol. The minimum Gasteiger partial charge on any atom is -0.269 e. The molecule has 0 spiro atoms. The molecule has 0 amide bonds. The molecule has 2 aliphatic rings. The van der Waals surface area contributed by atoms with E-state index in [2.05, 4.69) is 22.5 Å². The molecule has 0 unspecified atom stereocenters. The molecule has 10 heavy (non-hydrogen) atoms. The van der Waals surface area contributed by atoms with Crippen molar-refractivity contribution in [2.45, 2.75) is 12.8 Å². The third-order valence-electron chi connectivity index (χ3n) is 1.76. The van der Waals surface area contributed by atoms with E-state index in [4.69, 9.17) is 0 Å². The van der Waals surface area contributed by atoms with Crippen LogP contribution in [0.15, 0.2) is 28.4 Å². The highest BCUT2D eigenvalue weighted by molar-refractivity contribution is 5.62. The second-order valence-corrected chi connectivity index (χ2v) is 2.48. The Balaban J connectivity index is 2.33. The van der Waals surface area contributed by atoms with E-state index in [9.17, 15) is 0 Å². The van der Waals surface area contributed by atoms with E-state index in [1.54, 1.807) is 6.34 Å². The van der Waals surface area contributed by atoms with Crippen molar-refractivity contribution < 1.29 is 0 Å². The molecule has 0 saturated carbocycles. The van der Waals surface area contributed by atoms with Crippen molar-refractivity contribution in [1.29, 1.82) is 0 Å². The molecule has 1 radical (unpaired) electrons. The standard InChI is InChI=1S/C8H9N2/c1-2-4-8-7(3-1)5-9-6-10-8/h3-4,6H,1-2,5H2. The first-order valence-corrected chi connectivity index (χ1v) is 3.55. The fourth-order valence-electron chi connectivity index (χ4n) is 1.24. The summed E-state index contributed by atoms with van der Waals surface area (Å²) in [6, 6.07) is 0. The van der Waals surface area contributed by atoms with Crippen LogP contribution in [0, 0.1) is 0 Å². The summed E-state index contributed by atoms with van der Waals surface area (Å²) in [6.45, 7) is 0.829. The lowest BCUT2D eigenvalue weighted by molar-refractivity contribution is 0.889. The molecule has 1 heterocycles. The van der Waals surface area contributed by atoms with E-state index >= 15 is 0 Å². The summed E-state index contributed by atoms with van der Waals surface area (Å²) < 4.78 is 0. The summed E-state index contributed by atoms with van der Waals surface area (Å²) in [7, 11) is 0. The van der Waals surface area contributed by atoms with Crippen molar-refractivity contribution in [3.8, 4) is 0 Å². The second-order valence-electron chi connectivity index (χ2n) is 2.48. The maximum atomic E-state index is 4.15. The summed E-state index contributed by atoms with van der Waals surface area (Å²) in [6.07, 6.45) is 8.35. The Bertz CT molecular complexity index is 223. The zero-order chi connectivity index (χ0) is 6.81. The minimum absolute atomic E-state index is 0.829. The molecule has 0 bridgehead atoms. The highest BCUT2D eigenvalue weighted by Gasteiger charge is 2.09. The van der Waals surface area contributed by atoms with Crippen LogP contribution in [0.5, 0.6) is 0 Å². The van der Waals surface area contributed by atoms with Gasteiger partial charge in [-0.3, -0.25) is 5.32 Å². The van der Waals surface area contributed by atoms with Crippen molar-refractivity contribution in [1.82, 2.24) is 5.32 Å². The number of nitrogens with zero attached hydrogens (tertiary/aromatic N) is 2. The van der Waals surface area contributed by atoms with E-state index in [1.165, 1.54) is 5.57 Å². The highest BCUT2D eigenvalue weighted by Crippen LogP contribution is 2.20. The third-order valence-corrected chi connectivity index (χ3v) is 1.76. The average molecular weight is 133 g/mol. The van der Waals surface area contributed by atoms with Crippen LogP contribution in [-0.4, -0.2) is 12.9 Å². The molecule has 0 N–H and O–H groups in total. The Morgan fingerprint density at radius 2 is 2.10 bits per heavy atom. The second kappa shape index (κ2) is 2.29. The van der Waals surface area contributed by atoms with Crippen LogP contribution in [-0.2, 0) is 0 Å². The maximum Gasteiger partial charge on any atom is 0.110 e. The van der Waals surface area contributed by atoms with Gasteiger partial charge in [-0.15, -0.1) is 0 Å². The van der Waals surface area contributed by atoms with Gasteiger partial charge in [0.1, 0.15) is 6.34 Å². The van der Waals surface area contributed by atoms with Gasteiger partial charge in [-0.1, -0.05) is 12.2 Å². The molecule has 0 saturated heterocycles. The van der Waals surface area contributed by atoms with Crippen molar-refractivity contribution in [2.75, 3.05) is 6.54 Å². The van der Waals surface area contributed by atoms with E-state index < -0.39 is 0 Å². The molecule has 0 aromatic heterocycles. The average Bonchev–Trinajstić information content (AvgIpc) is 2.05. The van der Waals surface area contributed by atoms with Crippen molar-refractivity contribution in [3.05, 3.63) is 23.4 Å². The Morgan fingerprint density at radius 3 is 3.00 bits per heavy atom. The van der Waals surface area contributed by atoms with Gasteiger partial charge in [0, 0.05) is 0 Å². The number of allylic oxidation sites excluding steroid dienone is 2. The Kier molecular flexibility index (Phi) is 1.31. The van der Waals surface area contributed by atoms with E-state index in [1.807, 2.05) is 0 Å². The van der Waals surface area contributed by atoms with Gasteiger partial charge in [-0.25, -0.2) is 4.99 Å². The van der Waals surface area contributed by atoms with Crippen LogP contribution in [0.1, 0.15) is 12.8 Å². The number of aliphatic imine (C=N–C) groups is 1. The minimum atomic E-state index is 0.829. The van der Waals surface area contributed by atoms with E-state index in [0.29, 0.717) is 0 Å². The van der Waals surface area contributed by atoms with Gasteiger partial charge >= 0.3 is 0 Å². The van der Waals surface area contributed by atoms with Crippen LogP contribution < -0.4 is 5.32 Å². The van der Waals surface area contributed by atoms with Crippen molar-refractivity contribution in [3.63, 3.8) is 0 Å². The SMILES string of the molecule is C1=NC2=CCCC=C2C[N]1. The molecule has 1 aliphatic heterocycles. The lowest BCUT2D eigenvalue weighted by atomic mass is 10.0. The van der Waals surface area contributed by atoms with Crippen LogP contribution in [0.4, 0.5) is 0 Å². The summed E-state index contributed by atoms with van der Waals surface area (Å²) in [4.78, 5) is 4.15. The van der Waals surface area contributed by atoms with E-state index in [-0.39, 0.29) is 0 Å². The third kappa shape index (κ3) is 0.856. The Labute approximate surface area is 60.3 Å². The molecule has 0 aromatic carbocycles. The number of hydrogen-bond donors (Lipinski definition) is 0. The Hall–Kier alpha value is -1.05. The topological polar surface area (TPSA) is 26.5 Å². The summed E-state index contributed by atoms with van der Waals surface area (Å²) in [5.41, 5.74) is 2.44. The summed E-state index contributed by atoms with van der Waals surface area (Å²) in [5.74, 6) is 0. The van der Waals surface area contributed by atoms with Crippen LogP contribution in [0.3, 0.4) is 0 Å². The lowest BCUT2D eigenvalue weighted by Gasteiger charge is -2.14. The first kappa shape index (κ1) is 5.71. The summed E-state index contributed by atoms with van der Waals surface area (Å²) in [5, 5.41) is 4.06. The van der Waals surface area contributed by atoms with Gasteiger partial charge in [0.15, 0.2) is 0 Å². The molecule has 0 atom stereocenters. The normalized spacial score (nSPS) is 22.4. The van der Waals surface area contributed by atoms with Gasteiger partial charge in [-0.2, -0.15) is 0 Å². The highest BCUT2D eigenvalue weighted by atomic mass is 15.0. The molecule has 2 heteroatoms. The summed E-state index contributed by atoms with van der Waals surface area (Å²) >= 11 is 0. The van der Waals surface area contributed by atoms with Gasteiger partial charge in [0.05, 0.1) is 12.2 Å². The number of rotatable bonds is 0. The Morgan fingerprint density at radius 1 is 1.20 bits per heavy atom. The molecule has 2 nitrogen and oxygen atoms in total. The van der Waals surface area contributed by atoms with Gasteiger partial charge in [0.25, 0.3) is 0 Å². The molecule has 0 fully saturated rings. The zero-order valence-electron chi connectivity index (χ0n) is 5.75. The van der Waals surface area contributed by atoms with Crippen LogP contribution >= 0.6 is 0 Å². The quantitative estimate of drug-likeness (QED) is 0.475. The maximum absolute atomic E-state index is 4.15. The van der Waals surface area contributed by atoms with Crippen LogP contribution in [0.2, 0.25) is 0 Å². The van der Waals surface area contributed by atoms with E-state index in [0.717, 1.165) is 25.1 Å². The number of hydrogen-bond acceptors (Lipinski definition) is 1. The number of fused-ring (bicyclic) bond motifs is 1. The fourth-order valence-corrected chi connectivity index (χ4v) is 1.24. The molecule has 0 aromatic rings.